The summed E-state index contributed by atoms with van der Waals surface area (Å²) in [6.45, 7) is 1.70. The molecule has 19 heteroatoms. The summed E-state index contributed by atoms with van der Waals surface area (Å²) in [5.74, 6) is -1.57. The summed E-state index contributed by atoms with van der Waals surface area (Å²) >= 11 is 12.7. The van der Waals surface area contributed by atoms with Gasteiger partial charge < -0.3 is 34.6 Å². The van der Waals surface area contributed by atoms with Gasteiger partial charge in [0.25, 0.3) is 5.91 Å². The zero-order chi connectivity index (χ0) is 43.7. The number of benzene rings is 3. The number of likely N-dealkylation sites (tertiary alicyclic amines) is 2. The van der Waals surface area contributed by atoms with E-state index in [4.69, 9.17) is 37.8 Å². The Labute approximate surface area is 371 Å². The number of fused-ring (bicyclic) bond motifs is 2. The van der Waals surface area contributed by atoms with Crippen LogP contribution in [0.3, 0.4) is 0 Å². The monoisotopic (exact) mass is 934 g/mol. The fraction of sp³-hybridized carbons (Fsp3) is 0.512. The molecule has 1 aliphatic carbocycles. The van der Waals surface area contributed by atoms with Crippen molar-refractivity contribution < 1.29 is 55.3 Å². The van der Waals surface area contributed by atoms with Crippen LogP contribution in [-0.4, -0.2) is 115 Å². The van der Waals surface area contributed by atoms with Gasteiger partial charge in [-0.1, -0.05) is 53.5 Å². The lowest BCUT2D eigenvalue weighted by Gasteiger charge is -2.46. The number of morpholine rings is 1. The lowest BCUT2D eigenvalue weighted by molar-refractivity contribution is -0.143. The van der Waals surface area contributed by atoms with E-state index in [0.29, 0.717) is 88.9 Å². The number of carbonyl (C=O) groups excluding carboxylic acids is 3. The van der Waals surface area contributed by atoms with Crippen LogP contribution in [0.2, 0.25) is 10.0 Å². The number of carbonyl (C=O) groups is 3. The molecule has 62 heavy (non-hydrogen) atoms. The van der Waals surface area contributed by atoms with E-state index >= 15 is 0 Å². The smallest absolute Gasteiger partial charge is 0.387 e. The molecule has 3 aliphatic heterocycles. The third-order valence-electron chi connectivity index (χ3n) is 12.7. The Balaban J connectivity index is 0.00000641. The molecule has 3 saturated heterocycles. The number of nitrogens with one attached hydrogen (secondary N) is 1. The van der Waals surface area contributed by atoms with Crippen LogP contribution in [0.5, 0.6) is 0 Å². The topological polar surface area (TPSA) is 112 Å². The molecule has 3 fully saturated rings. The van der Waals surface area contributed by atoms with E-state index in [1.54, 1.807) is 23.1 Å². The first-order valence-electron chi connectivity index (χ1n) is 20.2. The van der Waals surface area contributed by atoms with Crippen molar-refractivity contribution in [2.75, 3.05) is 65.6 Å². The molecule has 0 unspecified atom stereocenters. The number of aliphatic hydroxyl groups is 1. The number of aliphatic hydroxyl groups excluding tert-OH is 1. The molecule has 1 spiro atoms. The Morgan fingerprint density at radius 3 is 2.15 bits per heavy atom. The van der Waals surface area contributed by atoms with E-state index in [1.165, 1.54) is 10.5 Å². The van der Waals surface area contributed by atoms with Crippen molar-refractivity contribution in [3.05, 3.63) is 104 Å². The third kappa shape index (κ3) is 10.3. The van der Waals surface area contributed by atoms with Gasteiger partial charge >= 0.3 is 12.4 Å². The lowest BCUT2D eigenvalue weighted by atomic mass is 9.72. The van der Waals surface area contributed by atoms with Crippen molar-refractivity contribution in [2.24, 2.45) is 0 Å². The first kappa shape index (κ1) is 47.8. The average Bonchev–Trinajstić information content (AvgIpc) is 3.54. The molecule has 2 N–H and O–H groups in total. The van der Waals surface area contributed by atoms with Crippen molar-refractivity contribution in [3.63, 3.8) is 0 Å². The molecule has 3 aromatic rings. The number of ether oxygens (including phenoxy) is 2. The van der Waals surface area contributed by atoms with Crippen LogP contribution in [0.4, 0.5) is 26.3 Å². The van der Waals surface area contributed by atoms with Gasteiger partial charge in [0.2, 0.25) is 11.8 Å². The number of rotatable bonds is 10. The summed E-state index contributed by atoms with van der Waals surface area (Å²) in [5.41, 5.74) is -2.59. The first-order chi connectivity index (χ1) is 28.9. The van der Waals surface area contributed by atoms with Crippen LogP contribution in [0.15, 0.2) is 60.7 Å². The Hall–Kier alpha value is -3.64. The minimum absolute atomic E-state index is 0. The van der Waals surface area contributed by atoms with Crippen LogP contribution in [0.1, 0.15) is 70.3 Å². The molecule has 3 aromatic carbocycles. The van der Waals surface area contributed by atoms with Crippen LogP contribution in [0, 0.1) is 0 Å². The summed E-state index contributed by atoms with van der Waals surface area (Å²) in [5, 5.41) is 12.3. The standard InChI is InChI=1S/C43H46Cl2F6N4O6.ClH/c44-34-6-5-29(23-35(34)45)41(26-55(17-18-61-41)39(59)28-19-30(42(46,47)48)22-31(20-28)43(49,50)51)11-16-53-14-9-40(10-15-53)33-4-2-1-3-27(33)21-36(40)60-25-38(58)54-12-7-32(8-13-54)52-37(57)24-56;/h1-6,19-20,22-23,32,36,56H,7-18,21,24-26H2,(H,52,57);1H/t36-,41+;/m0./s1. The molecular formula is C43H47Cl3F6N4O6. The zero-order valence-corrected chi connectivity index (χ0v) is 35.8. The highest BCUT2D eigenvalue weighted by molar-refractivity contribution is 6.42. The number of amides is 3. The lowest BCUT2D eigenvalue weighted by Crippen LogP contribution is -2.54. The van der Waals surface area contributed by atoms with E-state index < -0.39 is 53.1 Å². The normalized spacial score (nSPS) is 22.0. The van der Waals surface area contributed by atoms with Gasteiger partial charge in [-0.25, -0.2) is 0 Å². The summed E-state index contributed by atoms with van der Waals surface area (Å²) in [4.78, 5) is 44.0. The maximum Gasteiger partial charge on any atom is 0.416 e. The van der Waals surface area contributed by atoms with Crippen molar-refractivity contribution in [2.45, 2.75) is 74.0 Å². The van der Waals surface area contributed by atoms with Gasteiger partial charge in [0.15, 0.2) is 0 Å². The second-order valence-electron chi connectivity index (χ2n) is 16.3. The van der Waals surface area contributed by atoms with E-state index in [1.807, 2.05) is 12.1 Å². The van der Waals surface area contributed by atoms with Gasteiger partial charge in [-0.3, -0.25) is 14.4 Å². The Morgan fingerprint density at radius 2 is 1.52 bits per heavy atom. The predicted octanol–water partition coefficient (Wildman–Crippen LogP) is 7.29. The number of piperidine rings is 2. The molecule has 3 amide bonds. The number of hydrogen-bond acceptors (Lipinski definition) is 7. The molecular weight excluding hydrogens is 889 g/mol. The van der Waals surface area contributed by atoms with Crippen molar-refractivity contribution >= 4 is 53.3 Å². The van der Waals surface area contributed by atoms with Gasteiger partial charge in [0, 0.05) is 43.2 Å². The second-order valence-corrected chi connectivity index (χ2v) is 17.1. The zero-order valence-electron chi connectivity index (χ0n) is 33.5. The fourth-order valence-corrected chi connectivity index (χ4v) is 9.65. The van der Waals surface area contributed by atoms with Gasteiger partial charge in [-0.15, -0.1) is 12.4 Å². The predicted molar refractivity (Wildman–Crippen MR) is 220 cm³/mol. The van der Waals surface area contributed by atoms with E-state index in [9.17, 15) is 40.7 Å². The average molecular weight is 936 g/mol. The Morgan fingerprint density at radius 1 is 0.855 bits per heavy atom. The second kappa shape index (κ2) is 19.2. The minimum Gasteiger partial charge on any atom is -0.387 e. The van der Waals surface area contributed by atoms with Gasteiger partial charge in [-0.05, 0) is 98.6 Å². The molecule has 338 valence electrons. The van der Waals surface area contributed by atoms with E-state index in [0.717, 1.165) is 5.56 Å². The SMILES string of the molecule is Cl.O=C(CO)NC1CCN(C(=O)CO[C@H]2Cc3ccccc3C23CCN(CC[C@]2(c4ccc(Cl)c(Cl)c4)CN(C(=O)c4cc(C(F)(F)F)cc(C(F)(F)F)c4)CCO2)CC3)CC1. The summed E-state index contributed by atoms with van der Waals surface area (Å²) in [6.07, 6.45) is -6.98. The van der Waals surface area contributed by atoms with Gasteiger partial charge in [0.05, 0.1) is 40.4 Å². The number of halogens is 9. The van der Waals surface area contributed by atoms with Gasteiger partial charge in [0.1, 0.15) is 18.8 Å². The fourth-order valence-electron chi connectivity index (χ4n) is 9.35. The molecule has 10 nitrogen and oxygen atoms in total. The van der Waals surface area contributed by atoms with Crippen LogP contribution >= 0.6 is 35.6 Å². The number of alkyl halides is 6. The van der Waals surface area contributed by atoms with Crippen molar-refractivity contribution in [1.29, 1.82) is 0 Å². The first-order valence-corrected chi connectivity index (χ1v) is 20.9. The quantitative estimate of drug-likeness (QED) is 0.206. The van der Waals surface area contributed by atoms with E-state index in [-0.39, 0.29) is 78.3 Å². The Kier molecular flexibility index (Phi) is 14.8. The molecule has 0 radical (unpaired) electrons. The summed E-state index contributed by atoms with van der Waals surface area (Å²) < 4.78 is 95.3. The molecule has 2 atom stereocenters. The molecule has 7 rings (SSSR count). The van der Waals surface area contributed by atoms with Crippen LogP contribution in [-0.2, 0) is 48.9 Å². The highest BCUT2D eigenvalue weighted by Gasteiger charge is 2.50. The highest BCUT2D eigenvalue weighted by Crippen LogP contribution is 2.48. The molecule has 4 aliphatic rings. The van der Waals surface area contributed by atoms with Crippen molar-refractivity contribution in [1.82, 2.24) is 20.0 Å². The maximum absolute atomic E-state index is 13.8. The number of nitrogens with zero attached hydrogens (tertiary/aromatic N) is 3. The van der Waals surface area contributed by atoms with Crippen molar-refractivity contribution in [3.8, 4) is 0 Å². The Bertz CT molecular complexity index is 2080. The van der Waals surface area contributed by atoms with E-state index in [2.05, 4.69) is 22.3 Å². The minimum atomic E-state index is -5.12. The summed E-state index contributed by atoms with van der Waals surface area (Å²) in [7, 11) is 0. The highest BCUT2D eigenvalue weighted by atomic mass is 35.5. The third-order valence-corrected chi connectivity index (χ3v) is 13.4. The number of hydrogen-bond donors (Lipinski definition) is 2. The van der Waals surface area contributed by atoms with Crippen LogP contribution in [0.25, 0.3) is 0 Å². The largest absolute Gasteiger partial charge is 0.416 e. The molecule has 0 saturated carbocycles. The maximum atomic E-state index is 13.8. The molecule has 0 aromatic heterocycles. The van der Waals surface area contributed by atoms with Gasteiger partial charge in [-0.2, -0.15) is 26.3 Å². The molecule has 3 heterocycles. The summed E-state index contributed by atoms with van der Waals surface area (Å²) in [6, 6.07) is 13.8. The molecule has 0 bridgehead atoms. The van der Waals surface area contributed by atoms with Crippen LogP contribution < -0.4 is 5.32 Å².